The van der Waals surface area contributed by atoms with Crippen molar-refractivity contribution < 1.29 is 13.3 Å². The van der Waals surface area contributed by atoms with Crippen molar-refractivity contribution >= 4 is 11.0 Å². The van der Waals surface area contributed by atoms with Crippen LogP contribution in [0.1, 0.15) is 17.0 Å². The van der Waals surface area contributed by atoms with Gasteiger partial charge in [-0.25, -0.2) is 4.39 Å². The summed E-state index contributed by atoms with van der Waals surface area (Å²) in [6.07, 6.45) is 2.67. The molecule has 0 aliphatic heterocycles. The van der Waals surface area contributed by atoms with Crippen LogP contribution in [-0.4, -0.2) is 21.5 Å². The molecule has 0 fully saturated rings. The molecule has 1 N–H and O–H groups in total. The van der Waals surface area contributed by atoms with Crippen LogP contribution in [-0.2, 0) is 20.0 Å². The Morgan fingerprint density at radius 1 is 1.23 bits per heavy atom. The summed E-state index contributed by atoms with van der Waals surface area (Å²) in [5.74, 6) is 1.30. The standard InChI is InChI=1S/C19H19FN4O2/c1-12-3-6-17(25-12)19-13(11-24(2)22-19)10-21-8-7-16-15-5-4-14(20)9-18(15)26-23-16/h3-6,9,11,21H,7-8,10H2,1-2H3. The Bertz CT molecular complexity index is 1050. The molecule has 0 saturated heterocycles. The van der Waals surface area contributed by atoms with E-state index >= 15 is 0 Å². The van der Waals surface area contributed by atoms with Crippen molar-refractivity contribution in [2.45, 2.75) is 19.9 Å². The van der Waals surface area contributed by atoms with Gasteiger partial charge in [-0.15, -0.1) is 0 Å². The van der Waals surface area contributed by atoms with E-state index < -0.39 is 0 Å². The summed E-state index contributed by atoms with van der Waals surface area (Å²) in [5, 5.41) is 12.8. The minimum Gasteiger partial charge on any atom is -0.460 e. The molecule has 26 heavy (non-hydrogen) atoms. The molecule has 7 heteroatoms. The number of hydrogen-bond donors (Lipinski definition) is 1. The molecule has 3 heterocycles. The molecule has 0 atom stereocenters. The number of hydrogen-bond acceptors (Lipinski definition) is 5. The second-order valence-corrected chi connectivity index (χ2v) is 6.28. The number of halogens is 1. The molecular weight excluding hydrogens is 335 g/mol. The highest BCUT2D eigenvalue weighted by Crippen LogP contribution is 2.24. The summed E-state index contributed by atoms with van der Waals surface area (Å²) in [4.78, 5) is 0. The summed E-state index contributed by atoms with van der Waals surface area (Å²) in [7, 11) is 1.89. The SMILES string of the molecule is Cc1ccc(-c2nn(C)cc2CNCCc2noc3cc(F)ccc23)o1. The summed E-state index contributed by atoms with van der Waals surface area (Å²) in [6, 6.07) is 8.34. The topological polar surface area (TPSA) is 69.0 Å². The van der Waals surface area contributed by atoms with E-state index in [0.29, 0.717) is 25.1 Å². The van der Waals surface area contributed by atoms with Gasteiger partial charge >= 0.3 is 0 Å². The molecule has 4 aromatic rings. The van der Waals surface area contributed by atoms with E-state index in [9.17, 15) is 4.39 Å². The Morgan fingerprint density at radius 3 is 2.92 bits per heavy atom. The van der Waals surface area contributed by atoms with Gasteiger partial charge < -0.3 is 14.3 Å². The Morgan fingerprint density at radius 2 is 2.12 bits per heavy atom. The molecule has 0 radical (unpaired) electrons. The molecule has 0 spiro atoms. The second kappa shape index (κ2) is 6.76. The monoisotopic (exact) mass is 354 g/mol. The Labute approximate surface area is 149 Å². The highest BCUT2D eigenvalue weighted by atomic mass is 19.1. The maximum atomic E-state index is 13.2. The number of aromatic nitrogens is 3. The van der Waals surface area contributed by atoms with Gasteiger partial charge in [0.1, 0.15) is 17.3 Å². The first kappa shape index (κ1) is 16.5. The average molecular weight is 354 g/mol. The first-order valence-corrected chi connectivity index (χ1v) is 8.44. The molecule has 4 rings (SSSR count). The summed E-state index contributed by atoms with van der Waals surface area (Å²) < 4.78 is 25.9. The smallest absolute Gasteiger partial charge is 0.170 e. The van der Waals surface area contributed by atoms with E-state index in [0.717, 1.165) is 33.9 Å². The van der Waals surface area contributed by atoms with Crippen LogP contribution in [0.25, 0.3) is 22.4 Å². The molecule has 1 aromatic carbocycles. The van der Waals surface area contributed by atoms with Gasteiger partial charge in [0.25, 0.3) is 0 Å². The minimum absolute atomic E-state index is 0.324. The number of nitrogens with one attached hydrogen (secondary N) is 1. The van der Waals surface area contributed by atoms with Crippen LogP contribution in [0.4, 0.5) is 4.39 Å². The van der Waals surface area contributed by atoms with Crippen molar-refractivity contribution in [2.75, 3.05) is 6.54 Å². The van der Waals surface area contributed by atoms with Crippen LogP contribution in [0.5, 0.6) is 0 Å². The fourth-order valence-corrected chi connectivity index (χ4v) is 3.01. The number of furan rings is 1. The van der Waals surface area contributed by atoms with E-state index in [2.05, 4.69) is 15.6 Å². The zero-order valence-corrected chi connectivity index (χ0v) is 14.6. The molecular formula is C19H19FN4O2. The average Bonchev–Trinajstić information content (AvgIpc) is 3.30. The van der Waals surface area contributed by atoms with Crippen LogP contribution in [0.2, 0.25) is 0 Å². The molecule has 3 aromatic heterocycles. The van der Waals surface area contributed by atoms with Crippen molar-refractivity contribution in [3.8, 4) is 11.5 Å². The lowest BCUT2D eigenvalue weighted by Gasteiger charge is -2.03. The summed E-state index contributed by atoms with van der Waals surface area (Å²) in [6.45, 7) is 3.29. The molecule has 6 nitrogen and oxygen atoms in total. The highest BCUT2D eigenvalue weighted by Gasteiger charge is 2.13. The molecule has 0 unspecified atom stereocenters. The number of fused-ring (bicyclic) bond motifs is 1. The molecule has 0 aliphatic carbocycles. The lowest BCUT2D eigenvalue weighted by Crippen LogP contribution is -2.17. The predicted molar refractivity (Wildman–Crippen MR) is 95.0 cm³/mol. The lowest BCUT2D eigenvalue weighted by molar-refractivity contribution is 0.443. The van der Waals surface area contributed by atoms with Crippen molar-refractivity contribution in [1.82, 2.24) is 20.3 Å². The third-order valence-corrected chi connectivity index (χ3v) is 4.24. The predicted octanol–water partition coefficient (Wildman–Crippen LogP) is 3.60. The normalized spacial score (nSPS) is 11.5. The fourth-order valence-electron chi connectivity index (χ4n) is 3.01. The number of rotatable bonds is 6. The van der Waals surface area contributed by atoms with Gasteiger partial charge in [-0.1, -0.05) is 5.16 Å². The van der Waals surface area contributed by atoms with E-state index in [1.54, 1.807) is 10.7 Å². The van der Waals surface area contributed by atoms with Gasteiger partial charge in [0, 0.05) is 49.8 Å². The van der Waals surface area contributed by atoms with E-state index in [4.69, 9.17) is 8.94 Å². The van der Waals surface area contributed by atoms with Crippen LogP contribution in [0.15, 0.2) is 45.5 Å². The number of nitrogens with zero attached hydrogens (tertiary/aromatic N) is 3. The van der Waals surface area contributed by atoms with E-state index in [-0.39, 0.29) is 5.82 Å². The third kappa shape index (κ3) is 3.25. The van der Waals surface area contributed by atoms with Crippen LogP contribution in [0, 0.1) is 12.7 Å². The molecule has 0 aliphatic rings. The van der Waals surface area contributed by atoms with Crippen molar-refractivity contribution in [2.24, 2.45) is 7.05 Å². The van der Waals surface area contributed by atoms with E-state index in [1.165, 1.54) is 12.1 Å². The maximum absolute atomic E-state index is 13.2. The Hall–Kier alpha value is -2.93. The molecule has 0 amide bonds. The Balaban J connectivity index is 1.41. The number of benzene rings is 1. The summed E-state index contributed by atoms with van der Waals surface area (Å²) >= 11 is 0. The van der Waals surface area contributed by atoms with Gasteiger partial charge in [-0.3, -0.25) is 4.68 Å². The van der Waals surface area contributed by atoms with Gasteiger partial charge in [-0.05, 0) is 31.2 Å². The second-order valence-electron chi connectivity index (χ2n) is 6.28. The first-order chi connectivity index (χ1) is 12.6. The van der Waals surface area contributed by atoms with Gasteiger partial charge in [0.15, 0.2) is 11.3 Å². The van der Waals surface area contributed by atoms with E-state index in [1.807, 2.05) is 32.3 Å². The first-order valence-electron chi connectivity index (χ1n) is 8.44. The maximum Gasteiger partial charge on any atom is 0.170 e. The van der Waals surface area contributed by atoms with Gasteiger partial charge in [-0.2, -0.15) is 5.10 Å². The largest absolute Gasteiger partial charge is 0.460 e. The molecule has 0 saturated carbocycles. The van der Waals surface area contributed by atoms with Gasteiger partial charge in [0.2, 0.25) is 0 Å². The van der Waals surface area contributed by atoms with Gasteiger partial charge in [0.05, 0.1) is 5.69 Å². The highest BCUT2D eigenvalue weighted by molar-refractivity contribution is 5.79. The zero-order valence-electron chi connectivity index (χ0n) is 14.6. The quantitative estimate of drug-likeness (QED) is 0.536. The van der Waals surface area contributed by atoms with Crippen molar-refractivity contribution in [3.63, 3.8) is 0 Å². The Kier molecular flexibility index (Phi) is 4.30. The molecule has 134 valence electrons. The number of aryl methyl sites for hydroxylation is 2. The summed E-state index contributed by atoms with van der Waals surface area (Å²) in [5.41, 5.74) is 3.20. The zero-order chi connectivity index (χ0) is 18.1. The molecule has 0 bridgehead atoms. The minimum atomic E-state index is -0.324. The van der Waals surface area contributed by atoms with Crippen LogP contribution >= 0.6 is 0 Å². The lowest BCUT2D eigenvalue weighted by atomic mass is 10.1. The van der Waals surface area contributed by atoms with Crippen LogP contribution in [0.3, 0.4) is 0 Å². The van der Waals surface area contributed by atoms with Crippen LogP contribution < -0.4 is 5.32 Å². The van der Waals surface area contributed by atoms with Crippen molar-refractivity contribution in [1.29, 1.82) is 0 Å². The van der Waals surface area contributed by atoms with Crippen molar-refractivity contribution in [3.05, 3.63) is 59.4 Å². The fraction of sp³-hybridized carbons (Fsp3) is 0.263. The third-order valence-electron chi connectivity index (χ3n) is 4.24.